The Balaban J connectivity index is 1.91. The van der Waals surface area contributed by atoms with Gasteiger partial charge in [0.05, 0.1) is 0 Å². The highest BCUT2D eigenvalue weighted by molar-refractivity contribution is 4.96. The van der Waals surface area contributed by atoms with Gasteiger partial charge in [-0.15, -0.1) is 0 Å². The predicted octanol–water partition coefficient (Wildman–Crippen LogP) is 7.31. The van der Waals surface area contributed by atoms with Gasteiger partial charge in [0.1, 0.15) is 6.17 Å². The summed E-state index contributed by atoms with van der Waals surface area (Å²) < 4.78 is 0. The lowest BCUT2D eigenvalue weighted by atomic mass is 10.0. The van der Waals surface area contributed by atoms with Crippen LogP contribution < -0.4 is 0 Å². The Labute approximate surface area is 159 Å². The molecule has 0 aromatic carbocycles. The summed E-state index contributed by atoms with van der Waals surface area (Å²) in [5.74, 6) is 0. The molecule has 0 aromatic rings. The van der Waals surface area contributed by atoms with E-state index in [9.17, 15) is 0 Å². The highest BCUT2D eigenvalue weighted by atomic mass is 15.4. The topological polar surface area (TPSA) is 6.48 Å². The van der Waals surface area contributed by atoms with Crippen molar-refractivity contribution < 1.29 is 0 Å². The molecule has 2 nitrogen and oxygen atoms in total. The summed E-state index contributed by atoms with van der Waals surface area (Å²) >= 11 is 0. The third-order valence-corrected chi connectivity index (χ3v) is 5.63. The molecule has 1 unspecified atom stereocenters. The Bertz CT molecular complexity index is 313. The standard InChI is InChI=1S/C23H46N2/c1-4-7-8-9-10-11-12-13-14-15-16-17-18-19-23-24(6-3)21-22-25(23)20-5-2/h21-23H,4-20H2,1-3H3. The predicted molar refractivity (Wildman–Crippen MR) is 113 cm³/mol. The van der Waals surface area contributed by atoms with Crippen LogP contribution in [0.25, 0.3) is 0 Å². The van der Waals surface area contributed by atoms with E-state index in [1.807, 2.05) is 0 Å². The number of rotatable bonds is 17. The van der Waals surface area contributed by atoms with E-state index in [0.717, 1.165) is 6.54 Å². The van der Waals surface area contributed by atoms with Crippen molar-refractivity contribution in [2.24, 2.45) is 0 Å². The van der Waals surface area contributed by atoms with E-state index < -0.39 is 0 Å². The molecule has 0 radical (unpaired) electrons. The molecule has 25 heavy (non-hydrogen) atoms. The number of hydrogen-bond donors (Lipinski definition) is 0. The van der Waals surface area contributed by atoms with Gasteiger partial charge < -0.3 is 9.80 Å². The summed E-state index contributed by atoms with van der Waals surface area (Å²) in [6.07, 6.45) is 26.6. The SMILES string of the molecule is CCCCCCCCCCCCCCCC1N(CC)C=CN1CCC. The fraction of sp³-hybridized carbons (Fsp3) is 0.913. The normalized spacial score (nSPS) is 17.0. The smallest absolute Gasteiger partial charge is 0.101 e. The molecule has 0 bridgehead atoms. The van der Waals surface area contributed by atoms with Crippen molar-refractivity contribution in [2.45, 2.75) is 123 Å². The van der Waals surface area contributed by atoms with Crippen molar-refractivity contribution in [1.29, 1.82) is 0 Å². The van der Waals surface area contributed by atoms with Crippen molar-refractivity contribution in [1.82, 2.24) is 9.80 Å². The average molecular weight is 351 g/mol. The summed E-state index contributed by atoms with van der Waals surface area (Å²) in [7, 11) is 0. The number of nitrogens with zero attached hydrogens (tertiary/aromatic N) is 2. The van der Waals surface area contributed by atoms with E-state index in [0.29, 0.717) is 6.17 Å². The zero-order valence-electron chi connectivity index (χ0n) is 17.6. The summed E-state index contributed by atoms with van der Waals surface area (Å²) in [4.78, 5) is 5.06. The second-order valence-electron chi connectivity index (χ2n) is 7.88. The Morgan fingerprint density at radius 2 is 1.04 bits per heavy atom. The summed E-state index contributed by atoms with van der Waals surface area (Å²) in [5.41, 5.74) is 0. The molecule has 1 aliphatic heterocycles. The molecular formula is C23H46N2. The quantitative estimate of drug-likeness (QED) is 0.254. The van der Waals surface area contributed by atoms with Crippen molar-refractivity contribution in [3.63, 3.8) is 0 Å². The molecule has 0 spiro atoms. The van der Waals surface area contributed by atoms with E-state index >= 15 is 0 Å². The van der Waals surface area contributed by atoms with Crippen LogP contribution in [0.2, 0.25) is 0 Å². The fourth-order valence-electron chi connectivity index (χ4n) is 4.03. The summed E-state index contributed by atoms with van der Waals surface area (Å²) in [5, 5.41) is 0. The largest absolute Gasteiger partial charge is 0.356 e. The van der Waals surface area contributed by atoms with Gasteiger partial charge in [0.25, 0.3) is 0 Å². The fourth-order valence-corrected chi connectivity index (χ4v) is 4.03. The van der Waals surface area contributed by atoms with Crippen LogP contribution in [-0.2, 0) is 0 Å². The minimum absolute atomic E-state index is 0.637. The lowest BCUT2D eigenvalue weighted by molar-refractivity contribution is 0.144. The van der Waals surface area contributed by atoms with Gasteiger partial charge in [-0.05, 0) is 26.2 Å². The van der Waals surface area contributed by atoms with E-state index in [1.54, 1.807) is 0 Å². The van der Waals surface area contributed by atoms with Crippen LogP contribution >= 0.6 is 0 Å². The molecule has 1 rings (SSSR count). The molecule has 148 valence electrons. The molecule has 0 N–H and O–H groups in total. The zero-order chi connectivity index (χ0) is 18.2. The maximum absolute atomic E-state index is 2.55. The van der Waals surface area contributed by atoms with Crippen molar-refractivity contribution >= 4 is 0 Å². The first kappa shape index (κ1) is 22.4. The Morgan fingerprint density at radius 3 is 1.52 bits per heavy atom. The molecule has 0 aromatic heterocycles. The Morgan fingerprint density at radius 1 is 0.560 bits per heavy atom. The van der Waals surface area contributed by atoms with Crippen LogP contribution in [0, 0.1) is 0 Å². The van der Waals surface area contributed by atoms with Crippen LogP contribution in [0.4, 0.5) is 0 Å². The second kappa shape index (κ2) is 15.6. The van der Waals surface area contributed by atoms with Gasteiger partial charge in [0.15, 0.2) is 0 Å². The van der Waals surface area contributed by atoms with Gasteiger partial charge in [-0.25, -0.2) is 0 Å². The molecule has 1 aliphatic rings. The zero-order valence-corrected chi connectivity index (χ0v) is 17.6. The maximum Gasteiger partial charge on any atom is 0.101 e. The monoisotopic (exact) mass is 350 g/mol. The number of hydrogen-bond acceptors (Lipinski definition) is 2. The minimum Gasteiger partial charge on any atom is -0.356 e. The maximum atomic E-state index is 2.55. The first-order chi connectivity index (χ1) is 12.3. The van der Waals surface area contributed by atoms with E-state index in [2.05, 4.69) is 43.0 Å². The van der Waals surface area contributed by atoms with E-state index in [-0.39, 0.29) is 0 Å². The lowest BCUT2D eigenvalue weighted by Crippen LogP contribution is -2.38. The van der Waals surface area contributed by atoms with Crippen LogP contribution in [-0.4, -0.2) is 29.1 Å². The van der Waals surface area contributed by atoms with Crippen LogP contribution in [0.1, 0.15) is 117 Å². The molecule has 1 atom stereocenters. The molecule has 0 saturated carbocycles. The molecule has 0 saturated heterocycles. The van der Waals surface area contributed by atoms with Crippen LogP contribution in [0.15, 0.2) is 12.4 Å². The second-order valence-corrected chi connectivity index (χ2v) is 7.88. The van der Waals surface area contributed by atoms with Gasteiger partial charge in [0.2, 0.25) is 0 Å². The molecule has 0 fully saturated rings. The van der Waals surface area contributed by atoms with E-state index in [4.69, 9.17) is 0 Å². The molecule has 0 amide bonds. The molecular weight excluding hydrogens is 304 g/mol. The third kappa shape index (κ3) is 10.2. The highest BCUT2D eigenvalue weighted by Gasteiger charge is 2.23. The first-order valence-corrected chi connectivity index (χ1v) is 11.5. The minimum atomic E-state index is 0.637. The molecule has 1 heterocycles. The van der Waals surface area contributed by atoms with Gasteiger partial charge in [0, 0.05) is 25.5 Å². The number of unbranched alkanes of at least 4 members (excludes halogenated alkanes) is 12. The van der Waals surface area contributed by atoms with Crippen LogP contribution in [0.3, 0.4) is 0 Å². The third-order valence-electron chi connectivity index (χ3n) is 5.63. The Hall–Kier alpha value is -0.660. The van der Waals surface area contributed by atoms with Gasteiger partial charge in [-0.3, -0.25) is 0 Å². The highest BCUT2D eigenvalue weighted by Crippen LogP contribution is 2.22. The van der Waals surface area contributed by atoms with Gasteiger partial charge in [-0.2, -0.15) is 0 Å². The van der Waals surface area contributed by atoms with E-state index in [1.165, 1.54) is 103 Å². The van der Waals surface area contributed by atoms with Crippen molar-refractivity contribution in [3.8, 4) is 0 Å². The van der Waals surface area contributed by atoms with Gasteiger partial charge >= 0.3 is 0 Å². The van der Waals surface area contributed by atoms with Gasteiger partial charge in [-0.1, -0.05) is 90.9 Å². The summed E-state index contributed by atoms with van der Waals surface area (Å²) in [6, 6.07) is 0. The van der Waals surface area contributed by atoms with Crippen molar-refractivity contribution in [2.75, 3.05) is 13.1 Å². The first-order valence-electron chi connectivity index (χ1n) is 11.5. The van der Waals surface area contributed by atoms with Crippen molar-refractivity contribution in [3.05, 3.63) is 12.4 Å². The molecule has 0 aliphatic carbocycles. The lowest BCUT2D eigenvalue weighted by Gasteiger charge is -2.32. The average Bonchev–Trinajstić information content (AvgIpc) is 3.01. The summed E-state index contributed by atoms with van der Waals surface area (Å²) in [6.45, 7) is 9.20. The van der Waals surface area contributed by atoms with Crippen LogP contribution in [0.5, 0.6) is 0 Å². The Kier molecular flexibility index (Phi) is 14.0. The molecule has 2 heteroatoms.